The van der Waals surface area contributed by atoms with E-state index in [1.807, 2.05) is 0 Å². The van der Waals surface area contributed by atoms with Crippen LogP contribution >= 0.6 is 0 Å². The number of hydrogen-bond donors (Lipinski definition) is 0. The van der Waals surface area contributed by atoms with Crippen molar-refractivity contribution in [3.63, 3.8) is 0 Å². The Labute approximate surface area is 196 Å². The maximum Gasteiger partial charge on any atom is 0.00931 e. The van der Waals surface area contributed by atoms with Gasteiger partial charge in [-0.3, -0.25) is 0 Å². The highest BCUT2D eigenvalue weighted by Crippen LogP contribution is 2.56. The SMILES string of the molecule is C1=C(c2ccccc2)[C@H]2C[C@H](C(c3ccccc3)=C[C@H]2c2ccccc2)[C@@H]1c1ccccc1. The quantitative estimate of drug-likeness (QED) is 0.309. The van der Waals surface area contributed by atoms with Crippen LogP contribution in [0.15, 0.2) is 133 Å². The topological polar surface area (TPSA) is 0 Å². The third kappa shape index (κ3) is 3.76. The Kier molecular flexibility index (Phi) is 5.28. The van der Waals surface area contributed by atoms with Crippen LogP contribution < -0.4 is 0 Å². The van der Waals surface area contributed by atoms with Crippen molar-refractivity contribution in [1.82, 2.24) is 0 Å². The van der Waals surface area contributed by atoms with Crippen LogP contribution in [0, 0.1) is 11.8 Å². The van der Waals surface area contributed by atoms with Crippen molar-refractivity contribution in [1.29, 1.82) is 0 Å². The minimum atomic E-state index is 0.376. The molecule has 0 N–H and O–H groups in total. The Morgan fingerprint density at radius 2 is 0.727 bits per heavy atom. The molecule has 2 aliphatic rings. The molecule has 0 saturated carbocycles. The highest BCUT2D eigenvalue weighted by molar-refractivity contribution is 5.79. The van der Waals surface area contributed by atoms with E-state index in [2.05, 4.69) is 133 Å². The lowest BCUT2D eigenvalue weighted by Crippen LogP contribution is -2.31. The zero-order valence-corrected chi connectivity index (χ0v) is 18.7. The maximum absolute atomic E-state index is 2.59. The first-order valence-electron chi connectivity index (χ1n) is 12.0. The van der Waals surface area contributed by atoms with Crippen molar-refractivity contribution in [2.24, 2.45) is 11.8 Å². The highest BCUT2D eigenvalue weighted by atomic mass is 14.4. The van der Waals surface area contributed by atoms with E-state index in [1.54, 1.807) is 0 Å². The normalized spacial score (nSPS) is 24.0. The average Bonchev–Trinajstić information content (AvgIpc) is 2.91. The molecular formula is C33H28. The van der Waals surface area contributed by atoms with Gasteiger partial charge < -0.3 is 0 Å². The predicted octanol–water partition coefficient (Wildman–Crippen LogP) is 8.37. The lowest BCUT2D eigenvalue weighted by molar-refractivity contribution is 0.404. The monoisotopic (exact) mass is 424 g/mol. The van der Waals surface area contributed by atoms with Crippen molar-refractivity contribution in [2.45, 2.75) is 18.3 Å². The highest BCUT2D eigenvalue weighted by Gasteiger charge is 2.41. The first kappa shape index (κ1) is 20.0. The lowest BCUT2D eigenvalue weighted by atomic mass is 9.59. The summed E-state index contributed by atoms with van der Waals surface area (Å²) < 4.78 is 0. The minimum Gasteiger partial charge on any atom is -0.0723 e. The molecule has 0 heteroatoms. The van der Waals surface area contributed by atoms with Gasteiger partial charge in [-0.25, -0.2) is 0 Å². The predicted molar refractivity (Wildman–Crippen MR) is 139 cm³/mol. The minimum absolute atomic E-state index is 0.376. The summed E-state index contributed by atoms with van der Waals surface area (Å²) in [6, 6.07) is 44.2. The van der Waals surface area contributed by atoms with Crippen LogP contribution in [0.3, 0.4) is 0 Å². The molecule has 0 spiro atoms. The van der Waals surface area contributed by atoms with Gasteiger partial charge in [-0.15, -0.1) is 0 Å². The number of allylic oxidation sites excluding steroid dienone is 4. The second kappa shape index (κ2) is 8.71. The fourth-order valence-corrected chi connectivity index (χ4v) is 5.96. The number of fused-ring (bicyclic) bond motifs is 2. The van der Waals surface area contributed by atoms with E-state index in [9.17, 15) is 0 Å². The summed E-state index contributed by atoms with van der Waals surface area (Å²) in [7, 11) is 0. The van der Waals surface area contributed by atoms with Gasteiger partial charge in [-0.2, -0.15) is 0 Å². The van der Waals surface area contributed by atoms with Crippen molar-refractivity contribution >= 4 is 11.1 Å². The molecule has 33 heavy (non-hydrogen) atoms. The number of benzene rings is 4. The van der Waals surface area contributed by atoms with Crippen molar-refractivity contribution in [3.05, 3.63) is 156 Å². The van der Waals surface area contributed by atoms with Gasteiger partial charge in [0.25, 0.3) is 0 Å². The molecule has 0 saturated heterocycles. The molecule has 0 radical (unpaired) electrons. The Bertz CT molecular complexity index is 1160. The van der Waals surface area contributed by atoms with Gasteiger partial charge in [-0.1, -0.05) is 133 Å². The molecular weight excluding hydrogens is 396 g/mol. The smallest absolute Gasteiger partial charge is 0.00931 e. The zero-order chi connectivity index (χ0) is 22.0. The molecule has 0 aliphatic heterocycles. The molecule has 160 valence electrons. The van der Waals surface area contributed by atoms with E-state index in [-0.39, 0.29) is 0 Å². The van der Waals surface area contributed by atoms with E-state index in [1.165, 1.54) is 39.8 Å². The molecule has 0 fully saturated rings. The molecule has 2 bridgehead atoms. The molecule has 2 aliphatic carbocycles. The van der Waals surface area contributed by atoms with Crippen LogP contribution in [-0.4, -0.2) is 0 Å². The third-order valence-electron chi connectivity index (χ3n) is 7.48. The number of hydrogen-bond acceptors (Lipinski definition) is 0. The second-order valence-corrected chi connectivity index (χ2v) is 9.30. The molecule has 0 unspecified atom stereocenters. The Hall–Kier alpha value is -3.64. The lowest BCUT2D eigenvalue weighted by Gasteiger charge is -2.44. The van der Waals surface area contributed by atoms with E-state index in [0.29, 0.717) is 23.7 Å². The van der Waals surface area contributed by atoms with Gasteiger partial charge in [-0.05, 0) is 51.7 Å². The molecule has 6 rings (SSSR count). The van der Waals surface area contributed by atoms with Crippen LogP contribution in [0.1, 0.15) is 40.5 Å². The van der Waals surface area contributed by atoms with Crippen molar-refractivity contribution in [3.8, 4) is 0 Å². The van der Waals surface area contributed by atoms with Gasteiger partial charge >= 0.3 is 0 Å². The van der Waals surface area contributed by atoms with E-state index in [4.69, 9.17) is 0 Å². The molecule has 4 aromatic carbocycles. The fourth-order valence-electron chi connectivity index (χ4n) is 5.96. The summed E-state index contributed by atoms with van der Waals surface area (Å²) in [5.74, 6) is 1.71. The Morgan fingerprint density at radius 3 is 1.09 bits per heavy atom. The van der Waals surface area contributed by atoms with Gasteiger partial charge in [0.1, 0.15) is 0 Å². The van der Waals surface area contributed by atoms with Gasteiger partial charge in [0.2, 0.25) is 0 Å². The largest absolute Gasteiger partial charge is 0.0723 e. The van der Waals surface area contributed by atoms with Gasteiger partial charge in [0.05, 0.1) is 0 Å². The van der Waals surface area contributed by atoms with Gasteiger partial charge in [0.15, 0.2) is 0 Å². The summed E-state index contributed by atoms with van der Waals surface area (Å²) in [5.41, 5.74) is 8.54. The first-order valence-corrected chi connectivity index (χ1v) is 12.0. The van der Waals surface area contributed by atoms with Gasteiger partial charge in [0, 0.05) is 11.8 Å². The van der Waals surface area contributed by atoms with E-state index >= 15 is 0 Å². The second-order valence-electron chi connectivity index (χ2n) is 9.30. The summed E-state index contributed by atoms with van der Waals surface area (Å²) in [6.45, 7) is 0. The molecule has 0 heterocycles. The fraction of sp³-hybridized carbons (Fsp3) is 0.152. The van der Waals surface area contributed by atoms with Crippen LogP contribution in [-0.2, 0) is 0 Å². The van der Waals surface area contributed by atoms with Crippen LogP contribution in [0.4, 0.5) is 0 Å². The van der Waals surface area contributed by atoms with Crippen molar-refractivity contribution < 1.29 is 0 Å². The first-order chi connectivity index (χ1) is 16.4. The van der Waals surface area contributed by atoms with Crippen LogP contribution in [0.5, 0.6) is 0 Å². The van der Waals surface area contributed by atoms with E-state index < -0.39 is 0 Å². The van der Waals surface area contributed by atoms with E-state index in [0.717, 1.165) is 0 Å². The maximum atomic E-state index is 2.59. The number of rotatable bonds is 4. The summed E-state index contributed by atoms with van der Waals surface area (Å²) >= 11 is 0. The van der Waals surface area contributed by atoms with Crippen LogP contribution in [0.25, 0.3) is 11.1 Å². The third-order valence-corrected chi connectivity index (χ3v) is 7.48. The Morgan fingerprint density at radius 1 is 0.394 bits per heavy atom. The summed E-state index contributed by atoms with van der Waals surface area (Å²) in [4.78, 5) is 0. The molecule has 0 amide bonds. The molecule has 4 atom stereocenters. The molecule has 0 nitrogen and oxygen atoms in total. The van der Waals surface area contributed by atoms with Crippen LogP contribution in [0.2, 0.25) is 0 Å². The molecule has 4 aromatic rings. The molecule has 0 aromatic heterocycles. The summed E-state index contributed by atoms with van der Waals surface area (Å²) in [6.07, 6.45) is 6.35. The van der Waals surface area contributed by atoms with Crippen molar-refractivity contribution in [2.75, 3.05) is 0 Å². The zero-order valence-electron chi connectivity index (χ0n) is 18.7. The summed E-state index contributed by atoms with van der Waals surface area (Å²) in [5, 5.41) is 0. The Balaban J connectivity index is 1.56. The average molecular weight is 425 g/mol. The standard InChI is InChI=1S/C33H28/c1-5-13-24(14-6-1)28-21-29(25-15-7-2-8-16-25)33-23-32(28)30(26-17-9-3-10-18-26)22-31(33)27-19-11-4-12-20-27/h1-22,28,31-33H,23H2/t28-,31-,32-,33+/m0/s1.